The van der Waals surface area contributed by atoms with E-state index >= 15 is 0 Å². The lowest BCUT2D eigenvalue weighted by molar-refractivity contribution is -0.192. The number of halogens is 3. The van der Waals surface area contributed by atoms with Crippen molar-refractivity contribution in [3.05, 3.63) is 33.3 Å². The van der Waals surface area contributed by atoms with Crippen LogP contribution >= 0.6 is 11.3 Å². The van der Waals surface area contributed by atoms with Crippen LogP contribution in [0.15, 0.2) is 12.1 Å². The third-order valence-corrected chi connectivity index (χ3v) is 6.10. The average Bonchev–Trinajstić information content (AvgIpc) is 3.25. The van der Waals surface area contributed by atoms with Gasteiger partial charge in [0.05, 0.1) is 18.3 Å². The maximum Gasteiger partial charge on any atom is 0.490 e. The summed E-state index contributed by atoms with van der Waals surface area (Å²) in [4.78, 5) is 14.2. The second kappa shape index (κ2) is 9.44. The zero-order valence-corrected chi connectivity index (χ0v) is 17.7. The Morgan fingerprint density at radius 3 is 2.60 bits per heavy atom. The molecule has 2 aromatic heterocycles. The number of carbonyl (C=O) groups is 1. The Kier molecular flexibility index (Phi) is 7.14. The number of carboxylic acid groups (broad SMARTS) is 1. The van der Waals surface area contributed by atoms with Crippen LogP contribution in [-0.2, 0) is 29.0 Å². The van der Waals surface area contributed by atoms with Crippen LogP contribution in [0, 0.1) is 12.8 Å². The first kappa shape index (κ1) is 22.7. The van der Waals surface area contributed by atoms with E-state index < -0.39 is 12.1 Å². The Bertz CT molecular complexity index is 864. The summed E-state index contributed by atoms with van der Waals surface area (Å²) in [5, 5.41) is 16.1. The number of alkyl halides is 3. The zero-order valence-electron chi connectivity index (χ0n) is 16.9. The number of rotatable bonds is 6. The van der Waals surface area contributed by atoms with Crippen LogP contribution < -0.4 is 0 Å². The van der Waals surface area contributed by atoms with Gasteiger partial charge in [-0.15, -0.1) is 16.4 Å². The Morgan fingerprint density at radius 1 is 1.37 bits per heavy atom. The molecule has 4 rings (SSSR count). The van der Waals surface area contributed by atoms with Crippen LogP contribution in [0.2, 0.25) is 0 Å². The molecule has 1 saturated carbocycles. The monoisotopic (exact) mass is 446 g/mol. The van der Waals surface area contributed by atoms with Gasteiger partial charge in [0.25, 0.3) is 0 Å². The minimum atomic E-state index is -5.08. The summed E-state index contributed by atoms with van der Waals surface area (Å²) in [7, 11) is 1.77. The number of hydrogen-bond acceptors (Lipinski definition) is 6. The second-order valence-corrected chi connectivity index (χ2v) is 8.93. The molecule has 0 bridgehead atoms. The molecular formula is C19H25F3N4O3S. The molecule has 30 heavy (non-hydrogen) atoms. The third kappa shape index (κ3) is 5.79. The van der Waals surface area contributed by atoms with Crippen LogP contribution in [-0.4, -0.2) is 57.4 Å². The fraction of sp³-hybridized carbons (Fsp3) is 0.632. The van der Waals surface area contributed by atoms with Crippen LogP contribution in [0.3, 0.4) is 0 Å². The summed E-state index contributed by atoms with van der Waals surface area (Å²) < 4.78 is 39.4. The van der Waals surface area contributed by atoms with Crippen LogP contribution in [0.1, 0.15) is 40.0 Å². The Hall–Kier alpha value is -1.98. The van der Waals surface area contributed by atoms with Gasteiger partial charge in [0.2, 0.25) is 0 Å². The molecule has 0 saturated heterocycles. The molecule has 0 aromatic carbocycles. The van der Waals surface area contributed by atoms with Crippen molar-refractivity contribution in [2.75, 3.05) is 20.3 Å². The number of thiophene rings is 1. The molecule has 0 radical (unpaired) electrons. The molecule has 2 aromatic rings. The van der Waals surface area contributed by atoms with Gasteiger partial charge in [-0.25, -0.2) is 9.48 Å². The van der Waals surface area contributed by atoms with Crippen molar-refractivity contribution in [1.29, 1.82) is 0 Å². The molecule has 1 aliphatic heterocycles. The summed E-state index contributed by atoms with van der Waals surface area (Å²) in [5.41, 5.74) is 2.46. The van der Waals surface area contributed by atoms with Gasteiger partial charge in [0, 0.05) is 42.9 Å². The topological polar surface area (TPSA) is 80.5 Å². The molecule has 1 N–H and O–H groups in total. The maximum atomic E-state index is 10.6. The SMILES string of the molecule is COCC1c2nnn(CC3CC3)c2CCN1Cc1ccc(C)s1.O=C(O)C(F)(F)F. The molecule has 0 spiro atoms. The van der Waals surface area contributed by atoms with E-state index in [0.717, 1.165) is 37.7 Å². The van der Waals surface area contributed by atoms with Crippen molar-refractivity contribution in [2.24, 2.45) is 5.92 Å². The van der Waals surface area contributed by atoms with E-state index in [4.69, 9.17) is 14.6 Å². The number of ether oxygens (including phenoxy) is 1. The number of fused-ring (bicyclic) bond motifs is 1. The van der Waals surface area contributed by atoms with Crippen LogP contribution in [0.5, 0.6) is 0 Å². The Balaban J connectivity index is 0.000000318. The molecule has 1 atom stereocenters. The number of aromatic nitrogens is 3. The second-order valence-electron chi connectivity index (χ2n) is 7.55. The lowest BCUT2D eigenvalue weighted by Crippen LogP contribution is -2.37. The molecule has 2 aliphatic rings. The summed E-state index contributed by atoms with van der Waals surface area (Å²) in [6.45, 7) is 5.92. The highest BCUT2D eigenvalue weighted by Crippen LogP contribution is 2.34. The number of hydrogen-bond donors (Lipinski definition) is 1. The minimum Gasteiger partial charge on any atom is -0.475 e. The maximum absolute atomic E-state index is 10.6. The smallest absolute Gasteiger partial charge is 0.475 e. The summed E-state index contributed by atoms with van der Waals surface area (Å²) >= 11 is 1.88. The molecule has 1 aliphatic carbocycles. The van der Waals surface area contributed by atoms with Gasteiger partial charge in [0.1, 0.15) is 5.69 Å². The predicted molar refractivity (Wildman–Crippen MR) is 104 cm³/mol. The predicted octanol–water partition coefficient (Wildman–Crippen LogP) is 3.44. The number of carboxylic acids is 1. The van der Waals surface area contributed by atoms with Crippen LogP contribution in [0.25, 0.3) is 0 Å². The molecule has 3 heterocycles. The number of aliphatic carboxylic acids is 1. The van der Waals surface area contributed by atoms with Gasteiger partial charge < -0.3 is 9.84 Å². The summed E-state index contributed by atoms with van der Waals surface area (Å²) in [5.74, 6) is -1.93. The highest BCUT2D eigenvalue weighted by atomic mass is 32.1. The number of methoxy groups -OCH3 is 1. The number of aryl methyl sites for hydroxylation is 1. The van der Waals surface area contributed by atoms with E-state index in [0.29, 0.717) is 6.61 Å². The molecule has 11 heteroatoms. The lowest BCUT2D eigenvalue weighted by atomic mass is 10.0. The van der Waals surface area contributed by atoms with Gasteiger partial charge in [-0.1, -0.05) is 5.21 Å². The van der Waals surface area contributed by atoms with E-state index in [1.165, 1.54) is 28.3 Å². The van der Waals surface area contributed by atoms with Crippen molar-refractivity contribution in [1.82, 2.24) is 19.9 Å². The third-order valence-electron chi connectivity index (χ3n) is 5.11. The standard InChI is InChI=1S/C17H24N4OS.C2HF3O2/c1-12-3-6-14(23-12)10-20-8-7-15-17(16(20)11-22-2)18-19-21(15)9-13-4-5-13;3-2(4,5)1(6)7/h3,6,13,16H,4-5,7-11H2,1-2H3;(H,6,7). The van der Waals surface area contributed by atoms with Crippen molar-refractivity contribution < 1.29 is 27.8 Å². The fourth-order valence-corrected chi connectivity index (χ4v) is 4.35. The zero-order chi connectivity index (χ0) is 21.9. The van der Waals surface area contributed by atoms with Gasteiger partial charge in [-0.05, 0) is 37.8 Å². The summed E-state index contributed by atoms with van der Waals surface area (Å²) in [6.07, 6.45) is -1.35. The van der Waals surface area contributed by atoms with Gasteiger partial charge >= 0.3 is 12.1 Å². The first-order valence-electron chi connectivity index (χ1n) is 9.69. The molecule has 0 amide bonds. The van der Waals surface area contributed by atoms with E-state index in [9.17, 15) is 13.2 Å². The van der Waals surface area contributed by atoms with E-state index in [2.05, 4.69) is 39.0 Å². The normalized spacial score (nSPS) is 19.2. The average molecular weight is 446 g/mol. The first-order chi connectivity index (χ1) is 14.2. The quantitative estimate of drug-likeness (QED) is 0.732. The molecular weight excluding hydrogens is 421 g/mol. The van der Waals surface area contributed by atoms with Gasteiger partial charge in [0.15, 0.2) is 0 Å². The van der Waals surface area contributed by atoms with Gasteiger partial charge in [-0.2, -0.15) is 13.2 Å². The minimum absolute atomic E-state index is 0.221. The first-order valence-corrected chi connectivity index (χ1v) is 10.5. The largest absolute Gasteiger partial charge is 0.490 e. The van der Waals surface area contributed by atoms with Crippen molar-refractivity contribution in [3.8, 4) is 0 Å². The van der Waals surface area contributed by atoms with Crippen molar-refractivity contribution in [2.45, 2.75) is 51.5 Å². The highest BCUT2D eigenvalue weighted by Gasteiger charge is 2.38. The van der Waals surface area contributed by atoms with E-state index in [-0.39, 0.29) is 6.04 Å². The lowest BCUT2D eigenvalue weighted by Gasteiger charge is -2.34. The molecule has 166 valence electrons. The summed E-state index contributed by atoms with van der Waals surface area (Å²) in [6, 6.07) is 4.66. The van der Waals surface area contributed by atoms with E-state index in [1.807, 2.05) is 11.3 Å². The fourth-order valence-electron chi connectivity index (χ4n) is 3.43. The van der Waals surface area contributed by atoms with Crippen molar-refractivity contribution in [3.63, 3.8) is 0 Å². The Labute approximate surface area is 176 Å². The van der Waals surface area contributed by atoms with Gasteiger partial charge in [-0.3, -0.25) is 4.90 Å². The molecule has 7 nitrogen and oxygen atoms in total. The van der Waals surface area contributed by atoms with E-state index in [1.54, 1.807) is 7.11 Å². The van der Waals surface area contributed by atoms with Crippen LogP contribution in [0.4, 0.5) is 13.2 Å². The molecule has 1 fully saturated rings. The Morgan fingerprint density at radius 2 is 2.07 bits per heavy atom. The molecule has 1 unspecified atom stereocenters. The highest BCUT2D eigenvalue weighted by molar-refractivity contribution is 7.11. The number of nitrogens with zero attached hydrogens (tertiary/aromatic N) is 4. The van der Waals surface area contributed by atoms with Crippen molar-refractivity contribution >= 4 is 17.3 Å².